The highest BCUT2D eigenvalue weighted by atomic mass is 127. The predicted molar refractivity (Wildman–Crippen MR) is 92.3 cm³/mol. The van der Waals surface area contributed by atoms with Crippen molar-refractivity contribution in [1.82, 2.24) is 15.5 Å². The molecule has 0 aromatic rings. The highest BCUT2D eigenvalue weighted by Gasteiger charge is 2.33. The highest BCUT2D eigenvalue weighted by Crippen LogP contribution is 2.29. The van der Waals surface area contributed by atoms with E-state index in [9.17, 15) is 0 Å². The molecule has 5 heteroatoms. The number of nitrogens with zero attached hydrogens (tertiary/aromatic N) is 2. The molecule has 2 saturated carbocycles. The summed E-state index contributed by atoms with van der Waals surface area (Å²) in [5.41, 5.74) is 0. The van der Waals surface area contributed by atoms with Gasteiger partial charge in [-0.3, -0.25) is 9.89 Å². The molecule has 0 aromatic heterocycles. The number of hydrogen-bond donors (Lipinski definition) is 2. The van der Waals surface area contributed by atoms with Gasteiger partial charge in [0.25, 0.3) is 0 Å². The van der Waals surface area contributed by atoms with Crippen LogP contribution in [-0.4, -0.2) is 49.1 Å². The Morgan fingerprint density at radius 1 is 1.42 bits per heavy atom. The molecule has 2 rings (SSSR count). The van der Waals surface area contributed by atoms with Gasteiger partial charge in [-0.15, -0.1) is 24.0 Å². The minimum atomic E-state index is 0. The molecule has 0 spiro atoms. The van der Waals surface area contributed by atoms with Crippen LogP contribution in [0.25, 0.3) is 0 Å². The van der Waals surface area contributed by atoms with E-state index in [1.54, 1.807) is 0 Å². The minimum absolute atomic E-state index is 0. The summed E-state index contributed by atoms with van der Waals surface area (Å²) in [7, 11) is 2.22. The zero-order valence-electron chi connectivity index (χ0n) is 12.6. The van der Waals surface area contributed by atoms with Crippen molar-refractivity contribution in [2.45, 2.75) is 58.2 Å². The first-order valence-corrected chi connectivity index (χ1v) is 7.38. The largest absolute Gasteiger partial charge is 0.357 e. The second-order valence-electron chi connectivity index (χ2n) is 5.93. The van der Waals surface area contributed by atoms with Crippen LogP contribution < -0.4 is 10.6 Å². The van der Waals surface area contributed by atoms with Crippen LogP contribution in [0.1, 0.15) is 40.0 Å². The number of nitrogens with one attached hydrogen (secondary N) is 2. The Labute approximate surface area is 134 Å². The number of rotatable bonds is 6. The van der Waals surface area contributed by atoms with Gasteiger partial charge < -0.3 is 10.6 Å². The van der Waals surface area contributed by atoms with Crippen LogP contribution in [0.15, 0.2) is 4.99 Å². The third-order valence-electron chi connectivity index (χ3n) is 4.11. The van der Waals surface area contributed by atoms with Crippen molar-refractivity contribution in [2.24, 2.45) is 10.9 Å². The van der Waals surface area contributed by atoms with Gasteiger partial charge in [0, 0.05) is 24.7 Å². The summed E-state index contributed by atoms with van der Waals surface area (Å²) in [4.78, 5) is 7.18. The molecule has 112 valence electrons. The second-order valence-corrected chi connectivity index (χ2v) is 5.93. The molecule has 3 atom stereocenters. The molecule has 2 fully saturated rings. The van der Waals surface area contributed by atoms with Crippen LogP contribution in [-0.2, 0) is 0 Å². The summed E-state index contributed by atoms with van der Waals surface area (Å²) in [6.45, 7) is 8.48. The van der Waals surface area contributed by atoms with E-state index < -0.39 is 0 Å². The first-order chi connectivity index (χ1) is 8.61. The average Bonchev–Trinajstić information content (AvgIpc) is 3.23. The van der Waals surface area contributed by atoms with Gasteiger partial charge in [-0.1, -0.05) is 6.92 Å². The number of halogens is 1. The number of likely N-dealkylation sites (N-methyl/N-ethyl adjacent to an activating group) is 1. The van der Waals surface area contributed by atoms with Gasteiger partial charge in [0.2, 0.25) is 0 Å². The van der Waals surface area contributed by atoms with Crippen LogP contribution in [0.3, 0.4) is 0 Å². The van der Waals surface area contributed by atoms with E-state index in [0.29, 0.717) is 12.1 Å². The monoisotopic (exact) mass is 380 g/mol. The molecule has 0 saturated heterocycles. The van der Waals surface area contributed by atoms with E-state index in [0.717, 1.165) is 31.0 Å². The van der Waals surface area contributed by atoms with Gasteiger partial charge in [-0.05, 0) is 46.1 Å². The quantitative estimate of drug-likeness (QED) is 0.421. The maximum atomic E-state index is 4.71. The van der Waals surface area contributed by atoms with Crippen molar-refractivity contribution in [3.63, 3.8) is 0 Å². The van der Waals surface area contributed by atoms with Gasteiger partial charge in [0.1, 0.15) is 0 Å². The van der Waals surface area contributed by atoms with Crippen molar-refractivity contribution in [3.05, 3.63) is 0 Å². The Morgan fingerprint density at radius 2 is 2.05 bits per heavy atom. The van der Waals surface area contributed by atoms with E-state index in [1.165, 1.54) is 19.3 Å². The van der Waals surface area contributed by atoms with Crippen molar-refractivity contribution >= 4 is 29.9 Å². The van der Waals surface area contributed by atoms with E-state index in [-0.39, 0.29) is 24.0 Å². The molecule has 4 nitrogen and oxygen atoms in total. The molecule has 0 aromatic carbocycles. The molecule has 19 heavy (non-hydrogen) atoms. The molecular weight excluding hydrogens is 351 g/mol. The Hall–Kier alpha value is -0.0400. The zero-order valence-corrected chi connectivity index (χ0v) is 15.0. The summed E-state index contributed by atoms with van der Waals surface area (Å²) in [5.74, 6) is 1.79. The highest BCUT2D eigenvalue weighted by molar-refractivity contribution is 14.0. The van der Waals surface area contributed by atoms with E-state index >= 15 is 0 Å². The first-order valence-electron chi connectivity index (χ1n) is 7.38. The Kier molecular flexibility index (Phi) is 6.86. The van der Waals surface area contributed by atoms with Gasteiger partial charge in [0.05, 0.1) is 6.54 Å². The van der Waals surface area contributed by atoms with Gasteiger partial charge in [-0.25, -0.2) is 0 Å². The van der Waals surface area contributed by atoms with Crippen molar-refractivity contribution in [1.29, 1.82) is 0 Å². The first kappa shape index (κ1) is 17.0. The minimum Gasteiger partial charge on any atom is -0.357 e. The Balaban J connectivity index is 0.00000180. The van der Waals surface area contributed by atoms with Crippen LogP contribution >= 0.6 is 24.0 Å². The average molecular weight is 380 g/mol. The summed E-state index contributed by atoms with van der Waals surface area (Å²) < 4.78 is 0. The number of aliphatic imine (C=N–C) groups is 1. The summed E-state index contributed by atoms with van der Waals surface area (Å²) >= 11 is 0. The summed E-state index contributed by atoms with van der Waals surface area (Å²) in [6.07, 6.45) is 4.01. The standard InChI is InChI=1S/C14H28N4.HI/c1-5-15-14(17-13-8-10(13)2)16-9-11(3)18(4)12-6-7-12;/h10-13H,5-9H2,1-4H3,(H2,15,16,17);1H. The smallest absolute Gasteiger partial charge is 0.191 e. The fraction of sp³-hybridized carbons (Fsp3) is 0.929. The third-order valence-corrected chi connectivity index (χ3v) is 4.11. The molecule has 0 aliphatic heterocycles. The fourth-order valence-electron chi connectivity index (χ4n) is 2.21. The van der Waals surface area contributed by atoms with Crippen molar-refractivity contribution in [3.8, 4) is 0 Å². The van der Waals surface area contributed by atoms with Gasteiger partial charge >= 0.3 is 0 Å². The third kappa shape index (κ3) is 5.45. The topological polar surface area (TPSA) is 39.7 Å². The fourth-order valence-corrected chi connectivity index (χ4v) is 2.21. The lowest BCUT2D eigenvalue weighted by Gasteiger charge is -2.23. The normalized spacial score (nSPS) is 27.7. The van der Waals surface area contributed by atoms with E-state index in [1.807, 2.05) is 0 Å². The molecule has 2 N–H and O–H groups in total. The second kappa shape index (κ2) is 7.67. The molecule has 2 aliphatic carbocycles. The lowest BCUT2D eigenvalue weighted by Crippen LogP contribution is -2.41. The van der Waals surface area contributed by atoms with Gasteiger partial charge in [-0.2, -0.15) is 0 Å². The number of hydrogen-bond acceptors (Lipinski definition) is 2. The predicted octanol–water partition coefficient (Wildman–Crippen LogP) is 2.05. The van der Waals surface area contributed by atoms with Crippen LogP contribution in [0, 0.1) is 5.92 Å². The maximum absolute atomic E-state index is 4.71. The molecule has 2 aliphatic rings. The Bertz CT molecular complexity index is 304. The van der Waals surface area contributed by atoms with Crippen molar-refractivity contribution in [2.75, 3.05) is 20.1 Å². The van der Waals surface area contributed by atoms with Crippen LogP contribution in [0.4, 0.5) is 0 Å². The van der Waals surface area contributed by atoms with Crippen molar-refractivity contribution < 1.29 is 0 Å². The zero-order chi connectivity index (χ0) is 13.1. The lowest BCUT2D eigenvalue weighted by molar-refractivity contribution is 0.253. The lowest BCUT2D eigenvalue weighted by atomic mass is 10.3. The molecule has 3 unspecified atom stereocenters. The van der Waals surface area contributed by atoms with E-state index in [4.69, 9.17) is 4.99 Å². The molecular formula is C14H29IN4. The Morgan fingerprint density at radius 3 is 2.53 bits per heavy atom. The van der Waals surface area contributed by atoms with Crippen LogP contribution in [0.2, 0.25) is 0 Å². The molecule has 0 amide bonds. The molecule has 0 heterocycles. The van der Waals surface area contributed by atoms with Gasteiger partial charge in [0.15, 0.2) is 5.96 Å². The van der Waals surface area contributed by atoms with Crippen LogP contribution in [0.5, 0.6) is 0 Å². The molecule has 0 bridgehead atoms. The number of guanidine groups is 1. The molecule has 0 radical (unpaired) electrons. The SMILES string of the molecule is CCNC(=NCC(C)N(C)C1CC1)NC1CC1C.I. The maximum Gasteiger partial charge on any atom is 0.191 e. The van der Waals surface area contributed by atoms with E-state index in [2.05, 4.69) is 43.4 Å². The summed E-state index contributed by atoms with van der Waals surface area (Å²) in [6, 6.07) is 1.98. The summed E-state index contributed by atoms with van der Waals surface area (Å²) in [5, 5.41) is 6.84.